The fraction of sp³-hybridized carbons (Fsp3) is 0.700. The Morgan fingerprint density at radius 2 is 2.12 bits per heavy atom. The fourth-order valence-corrected chi connectivity index (χ4v) is 1.66. The Hall–Kier alpha value is -1.04. The summed E-state index contributed by atoms with van der Waals surface area (Å²) in [7, 11) is 0. The van der Waals surface area contributed by atoms with Gasteiger partial charge in [0.15, 0.2) is 0 Å². The van der Waals surface area contributed by atoms with E-state index in [9.17, 15) is 13.2 Å². The van der Waals surface area contributed by atoms with Crippen molar-refractivity contribution < 1.29 is 13.2 Å². The van der Waals surface area contributed by atoms with Gasteiger partial charge in [0.1, 0.15) is 0 Å². The average Bonchev–Trinajstić information content (AvgIpc) is 2.62. The van der Waals surface area contributed by atoms with Crippen molar-refractivity contribution in [2.24, 2.45) is 0 Å². The summed E-state index contributed by atoms with van der Waals surface area (Å²) in [4.78, 5) is 0. The number of aromatic nitrogens is 2. The third-order valence-electron chi connectivity index (χ3n) is 2.29. The minimum absolute atomic E-state index is 0.496. The molecular formula is C10H16F3N3. The average molecular weight is 235 g/mol. The molecule has 1 atom stereocenters. The Morgan fingerprint density at radius 3 is 2.62 bits per heavy atom. The van der Waals surface area contributed by atoms with Crippen molar-refractivity contribution in [1.82, 2.24) is 15.1 Å². The van der Waals surface area contributed by atoms with E-state index in [1.54, 1.807) is 17.7 Å². The van der Waals surface area contributed by atoms with Crippen molar-refractivity contribution in [1.29, 1.82) is 0 Å². The van der Waals surface area contributed by atoms with Crippen LogP contribution in [0.5, 0.6) is 0 Å². The summed E-state index contributed by atoms with van der Waals surface area (Å²) in [6, 6.07) is 0.912. The van der Waals surface area contributed by atoms with Gasteiger partial charge in [-0.2, -0.15) is 18.3 Å². The van der Waals surface area contributed by atoms with Gasteiger partial charge in [-0.15, -0.1) is 0 Å². The highest BCUT2D eigenvalue weighted by atomic mass is 19.4. The number of nitrogens with zero attached hydrogens (tertiary/aromatic N) is 2. The molecule has 6 heteroatoms. The van der Waals surface area contributed by atoms with E-state index in [1.165, 1.54) is 6.20 Å². The number of hydrogen-bond acceptors (Lipinski definition) is 2. The van der Waals surface area contributed by atoms with Crippen molar-refractivity contribution in [3.05, 3.63) is 18.0 Å². The minimum atomic E-state index is -4.17. The third-order valence-corrected chi connectivity index (χ3v) is 2.29. The molecule has 0 bridgehead atoms. The number of aryl methyl sites for hydroxylation is 1. The Kier molecular flexibility index (Phi) is 4.35. The molecule has 3 nitrogen and oxygen atoms in total. The maximum atomic E-state index is 12.4. The smallest absolute Gasteiger partial charge is 0.309 e. The molecule has 0 spiro atoms. The summed E-state index contributed by atoms with van der Waals surface area (Å²) in [5.41, 5.74) is 0.585. The van der Waals surface area contributed by atoms with Crippen LogP contribution in [0.25, 0.3) is 0 Å². The molecule has 1 unspecified atom stereocenters. The van der Waals surface area contributed by atoms with Crippen LogP contribution in [0.2, 0.25) is 0 Å². The standard InChI is InChI=1S/C10H16F3N3/c1-3-14-8(7-10(11,12)13)9-5-6-15-16(9)4-2/h5-6,8,14H,3-4,7H2,1-2H3. The van der Waals surface area contributed by atoms with Crippen LogP contribution in [0, 0.1) is 0 Å². The van der Waals surface area contributed by atoms with Gasteiger partial charge in [0.2, 0.25) is 0 Å². The van der Waals surface area contributed by atoms with Crippen LogP contribution >= 0.6 is 0 Å². The van der Waals surface area contributed by atoms with Crippen LogP contribution in [0.15, 0.2) is 12.3 Å². The Morgan fingerprint density at radius 1 is 1.44 bits per heavy atom. The number of halogens is 3. The summed E-state index contributed by atoms with van der Waals surface area (Å²) >= 11 is 0. The van der Waals surface area contributed by atoms with Crippen LogP contribution in [0.4, 0.5) is 13.2 Å². The molecule has 16 heavy (non-hydrogen) atoms. The molecule has 92 valence electrons. The molecule has 0 fully saturated rings. The van der Waals surface area contributed by atoms with Gasteiger partial charge < -0.3 is 5.32 Å². The molecule has 0 aliphatic rings. The van der Waals surface area contributed by atoms with Crippen molar-refractivity contribution in [2.75, 3.05) is 6.54 Å². The van der Waals surface area contributed by atoms with E-state index in [0.717, 1.165) is 0 Å². The second-order valence-corrected chi connectivity index (χ2v) is 3.50. The van der Waals surface area contributed by atoms with E-state index < -0.39 is 18.6 Å². The van der Waals surface area contributed by atoms with Gasteiger partial charge in [0, 0.05) is 12.7 Å². The molecule has 1 rings (SSSR count). The van der Waals surface area contributed by atoms with Gasteiger partial charge in [-0.05, 0) is 19.5 Å². The quantitative estimate of drug-likeness (QED) is 0.849. The molecule has 0 saturated heterocycles. The molecular weight excluding hydrogens is 219 g/mol. The molecule has 1 aromatic rings. The zero-order valence-corrected chi connectivity index (χ0v) is 9.38. The highest BCUT2D eigenvalue weighted by Gasteiger charge is 2.33. The second kappa shape index (κ2) is 5.34. The lowest BCUT2D eigenvalue weighted by Gasteiger charge is -2.20. The zero-order valence-electron chi connectivity index (χ0n) is 9.38. The molecule has 1 aromatic heterocycles. The van der Waals surface area contributed by atoms with Crippen molar-refractivity contribution in [3.63, 3.8) is 0 Å². The van der Waals surface area contributed by atoms with Crippen LogP contribution < -0.4 is 5.32 Å². The maximum absolute atomic E-state index is 12.4. The molecule has 0 amide bonds. The fourth-order valence-electron chi connectivity index (χ4n) is 1.66. The first-order valence-electron chi connectivity index (χ1n) is 5.29. The first kappa shape index (κ1) is 13.0. The predicted molar refractivity (Wildman–Crippen MR) is 55.0 cm³/mol. The van der Waals surface area contributed by atoms with Gasteiger partial charge in [-0.1, -0.05) is 6.92 Å². The molecule has 1 N–H and O–H groups in total. The molecule has 0 saturated carbocycles. The number of alkyl halides is 3. The normalized spacial score (nSPS) is 14.1. The Balaban J connectivity index is 2.84. The summed E-state index contributed by atoms with van der Waals surface area (Å²) in [5.74, 6) is 0. The summed E-state index contributed by atoms with van der Waals surface area (Å²) in [5, 5.41) is 6.81. The monoisotopic (exact) mass is 235 g/mol. The summed E-state index contributed by atoms with van der Waals surface area (Å²) < 4.78 is 38.7. The van der Waals surface area contributed by atoms with E-state index in [2.05, 4.69) is 10.4 Å². The zero-order chi connectivity index (χ0) is 12.2. The van der Waals surface area contributed by atoms with E-state index in [0.29, 0.717) is 18.8 Å². The number of rotatable bonds is 5. The maximum Gasteiger partial charge on any atom is 0.390 e. The molecule has 0 aliphatic carbocycles. The number of nitrogens with one attached hydrogen (secondary N) is 1. The van der Waals surface area contributed by atoms with Gasteiger partial charge in [-0.3, -0.25) is 4.68 Å². The van der Waals surface area contributed by atoms with E-state index in [-0.39, 0.29) is 0 Å². The van der Waals surface area contributed by atoms with Crippen LogP contribution in [0.3, 0.4) is 0 Å². The lowest BCUT2D eigenvalue weighted by molar-refractivity contribution is -0.140. The minimum Gasteiger partial charge on any atom is -0.309 e. The molecule has 0 aliphatic heterocycles. The van der Waals surface area contributed by atoms with Gasteiger partial charge in [0.25, 0.3) is 0 Å². The van der Waals surface area contributed by atoms with Gasteiger partial charge in [0.05, 0.1) is 18.2 Å². The summed E-state index contributed by atoms with van der Waals surface area (Å²) in [6.45, 7) is 4.71. The van der Waals surface area contributed by atoms with Crippen molar-refractivity contribution in [2.45, 2.75) is 39.0 Å². The van der Waals surface area contributed by atoms with Crippen molar-refractivity contribution >= 4 is 0 Å². The Bertz CT molecular complexity index is 319. The van der Waals surface area contributed by atoms with Crippen molar-refractivity contribution in [3.8, 4) is 0 Å². The molecule has 1 heterocycles. The van der Waals surface area contributed by atoms with E-state index in [4.69, 9.17) is 0 Å². The second-order valence-electron chi connectivity index (χ2n) is 3.50. The first-order chi connectivity index (χ1) is 7.48. The molecule has 0 aromatic carbocycles. The third kappa shape index (κ3) is 3.52. The SMILES string of the molecule is CCNC(CC(F)(F)F)c1ccnn1CC. The van der Waals surface area contributed by atoms with Crippen LogP contribution in [0.1, 0.15) is 32.0 Å². The first-order valence-corrected chi connectivity index (χ1v) is 5.29. The van der Waals surface area contributed by atoms with E-state index in [1.807, 2.05) is 6.92 Å². The van der Waals surface area contributed by atoms with E-state index >= 15 is 0 Å². The van der Waals surface area contributed by atoms with Gasteiger partial charge >= 0.3 is 6.18 Å². The predicted octanol–water partition coefficient (Wildman–Crippen LogP) is 2.51. The lowest BCUT2D eigenvalue weighted by atomic mass is 10.1. The summed E-state index contributed by atoms with van der Waals surface area (Å²) in [6.07, 6.45) is -3.51. The number of hydrogen-bond donors (Lipinski definition) is 1. The van der Waals surface area contributed by atoms with Gasteiger partial charge in [-0.25, -0.2) is 0 Å². The largest absolute Gasteiger partial charge is 0.390 e. The topological polar surface area (TPSA) is 29.9 Å². The lowest BCUT2D eigenvalue weighted by Crippen LogP contribution is -2.28. The van der Waals surface area contributed by atoms with Crippen LogP contribution in [-0.4, -0.2) is 22.5 Å². The highest BCUT2D eigenvalue weighted by Crippen LogP contribution is 2.29. The molecule has 0 radical (unpaired) electrons. The van der Waals surface area contributed by atoms with Crippen LogP contribution in [-0.2, 0) is 6.54 Å². The Labute approximate surface area is 92.6 Å². The highest BCUT2D eigenvalue weighted by molar-refractivity contribution is 5.07.